The zero-order valence-corrected chi connectivity index (χ0v) is 10.1. The Bertz CT molecular complexity index is 567. The topological polar surface area (TPSA) is 70.5 Å². The highest BCUT2D eigenvalue weighted by Gasteiger charge is 2.07. The van der Waals surface area contributed by atoms with Gasteiger partial charge in [-0.3, -0.25) is 9.78 Å². The lowest BCUT2D eigenvalue weighted by atomic mass is 10.1. The van der Waals surface area contributed by atoms with Crippen LogP contribution < -0.4 is 4.90 Å². The first-order valence-corrected chi connectivity index (χ1v) is 5.65. The molecule has 0 spiro atoms. The number of carbonyl (C=O) groups excluding carboxylic acids is 1. The summed E-state index contributed by atoms with van der Waals surface area (Å²) in [5.41, 5.74) is 1.77. The molecule has 19 heavy (non-hydrogen) atoms. The molecule has 1 aromatic carbocycles. The van der Waals surface area contributed by atoms with Crippen molar-refractivity contribution in [3.8, 4) is 0 Å². The van der Waals surface area contributed by atoms with Crippen LogP contribution >= 0.6 is 0 Å². The molecule has 2 rings (SSSR count). The molecule has 0 saturated heterocycles. The van der Waals surface area contributed by atoms with Gasteiger partial charge >= 0.3 is 5.97 Å². The van der Waals surface area contributed by atoms with E-state index in [0.29, 0.717) is 12.2 Å². The number of hydrogen-bond donors (Lipinski definition) is 1. The van der Waals surface area contributed by atoms with E-state index in [1.807, 2.05) is 0 Å². The average Bonchev–Trinajstić information content (AvgIpc) is 2.46. The summed E-state index contributed by atoms with van der Waals surface area (Å²) in [5.74, 6) is -0.967. The molecule has 0 radical (unpaired) electrons. The van der Waals surface area contributed by atoms with Crippen molar-refractivity contribution < 1.29 is 14.7 Å². The van der Waals surface area contributed by atoms with Gasteiger partial charge in [-0.2, -0.15) is 0 Å². The van der Waals surface area contributed by atoms with Gasteiger partial charge in [0.2, 0.25) is 6.41 Å². The Labute approximate surface area is 110 Å². The van der Waals surface area contributed by atoms with E-state index in [1.165, 1.54) is 17.0 Å². The van der Waals surface area contributed by atoms with Crippen LogP contribution in [0.25, 0.3) is 0 Å². The average molecular weight is 256 g/mol. The minimum atomic E-state index is -0.967. The monoisotopic (exact) mass is 256 g/mol. The van der Waals surface area contributed by atoms with E-state index >= 15 is 0 Å². The third-order valence-electron chi connectivity index (χ3n) is 2.66. The number of benzene rings is 1. The summed E-state index contributed by atoms with van der Waals surface area (Å²) in [6, 6.07) is 9.95. The van der Waals surface area contributed by atoms with Crippen LogP contribution in [0.15, 0.2) is 48.8 Å². The van der Waals surface area contributed by atoms with Gasteiger partial charge in [-0.1, -0.05) is 12.1 Å². The number of pyridine rings is 1. The number of carboxylic acid groups (broad SMARTS) is 1. The summed E-state index contributed by atoms with van der Waals surface area (Å²) in [5, 5.41) is 8.81. The third kappa shape index (κ3) is 3.16. The molecule has 0 bridgehead atoms. The molecule has 1 aromatic heterocycles. The first kappa shape index (κ1) is 12.8. The Hall–Kier alpha value is -2.69. The molecular formula is C14H12N2O3. The number of aromatic carboxylic acids is 1. The van der Waals surface area contributed by atoms with Crippen molar-refractivity contribution in [2.75, 3.05) is 4.90 Å². The molecule has 0 aliphatic rings. The fourth-order valence-corrected chi connectivity index (χ4v) is 1.66. The Balaban J connectivity index is 2.15. The van der Waals surface area contributed by atoms with Gasteiger partial charge in [0.25, 0.3) is 0 Å². The highest BCUT2D eigenvalue weighted by atomic mass is 16.4. The van der Waals surface area contributed by atoms with Crippen LogP contribution in [0.1, 0.15) is 15.9 Å². The second kappa shape index (κ2) is 5.77. The fraction of sp³-hybridized carbons (Fsp3) is 0.0714. The van der Waals surface area contributed by atoms with E-state index in [4.69, 9.17) is 5.11 Å². The molecule has 0 fully saturated rings. The van der Waals surface area contributed by atoms with Crippen LogP contribution in [0.4, 0.5) is 5.69 Å². The van der Waals surface area contributed by atoms with Crippen molar-refractivity contribution in [2.24, 2.45) is 0 Å². The number of carbonyl (C=O) groups is 2. The van der Waals surface area contributed by atoms with Crippen molar-refractivity contribution in [1.29, 1.82) is 0 Å². The first-order valence-electron chi connectivity index (χ1n) is 5.65. The predicted octanol–water partition coefficient (Wildman–Crippen LogP) is 1.94. The van der Waals surface area contributed by atoms with Crippen molar-refractivity contribution >= 4 is 18.1 Å². The van der Waals surface area contributed by atoms with E-state index < -0.39 is 5.97 Å². The maximum atomic E-state index is 11.1. The molecule has 1 heterocycles. The van der Waals surface area contributed by atoms with E-state index in [-0.39, 0.29) is 5.56 Å². The van der Waals surface area contributed by atoms with Crippen molar-refractivity contribution in [3.63, 3.8) is 0 Å². The van der Waals surface area contributed by atoms with Gasteiger partial charge in [-0.15, -0.1) is 0 Å². The van der Waals surface area contributed by atoms with Crippen LogP contribution in [-0.2, 0) is 11.3 Å². The van der Waals surface area contributed by atoms with E-state index in [9.17, 15) is 9.59 Å². The molecule has 1 N–H and O–H groups in total. The lowest BCUT2D eigenvalue weighted by Gasteiger charge is -2.16. The lowest BCUT2D eigenvalue weighted by molar-refractivity contribution is -0.107. The summed E-state index contributed by atoms with van der Waals surface area (Å²) in [7, 11) is 0. The Kier molecular flexibility index (Phi) is 3.87. The van der Waals surface area contributed by atoms with Crippen LogP contribution in [0.5, 0.6) is 0 Å². The van der Waals surface area contributed by atoms with Crippen LogP contribution in [0.3, 0.4) is 0 Å². The highest BCUT2D eigenvalue weighted by molar-refractivity contribution is 5.87. The van der Waals surface area contributed by atoms with Crippen molar-refractivity contribution in [3.05, 3.63) is 59.9 Å². The molecule has 0 aliphatic heterocycles. The Morgan fingerprint density at radius 2 is 2.00 bits per heavy atom. The van der Waals surface area contributed by atoms with Gasteiger partial charge in [0, 0.05) is 6.20 Å². The van der Waals surface area contributed by atoms with Gasteiger partial charge in [0.1, 0.15) is 0 Å². The van der Waals surface area contributed by atoms with Gasteiger partial charge in [0.15, 0.2) is 0 Å². The van der Waals surface area contributed by atoms with Gasteiger partial charge in [0.05, 0.1) is 24.0 Å². The molecule has 0 atom stereocenters. The summed E-state index contributed by atoms with van der Waals surface area (Å²) in [6.07, 6.45) is 3.95. The number of carboxylic acids is 1. The molecule has 1 amide bonds. The number of amides is 1. The lowest BCUT2D eigenvalue weighted by Crippen LogP contribution is -2.20. The SMILES string of the molecule is O=CN(Cc1ccc(C(=O)O)cc1)c1cccnc1. The van der Waals surface area contributed by atoms with Crippen LogP contribution in [-0.4, -0.2) is 22.5 Å². The van der Waals surface area contributed by atoms with Crippen LogP contribution in [0, 0.1) is 0 Å². The minimum Gasteiger partial charge on any atom is -0.478 e. The molecule has 96 valence electrons. The van der Waals surface area contributed by atoms with E-state index in [1.54, 1.807) is 36.7 Å². The van der Waals surface area contributed by atoms with Crippen LogP contribution in [0.2, 0.25) is 0 Å². The molecule has 5 heteroatoms. The standard InChI is InChI=1S/C14H12N2O3/c17-10-16(13-2-1-7-15-8-13)9-11-3-5-12(6-4-11)14(18)19/h1-8,10H,9H2,(H,18,19). The predicted molar refractivity (Wildman–Crippen MR) is 69.9 cm³/mol. The van der Waals surface area contributed by atoms with Crippen molar-refractivity contribution in [1.82, 2.24) is 4.98 Å². The second-order valence-corrected chi connectivity index (χ2v) is 3.95. The maximum Gasteiger partial charge on any atom is 0.335 e. The van der Waals surface area contributed by atoms with E-state index in [2.05, 4.69) is 4.98 Å². The third-order valence-corrected chi connectivity index (χ3v) is 2.66. The Morgan fingerprint density at radius 3 is 2.53 bits per heavy atom. The largest absolute Gasteiger partial charge is 0.478 e. The first-order chi connectivity index (χ1) is 9.20. The number of anilines is 1. The number of aromatic nitrogens is 1. The maximum absolute atomic E-state index is 11.1. The number of nitrogens with zero attached hydrogens (tertiary/aromatic N) is 2. The minimum absolute atomic E-state index is 0.225. The smallest absolute Gasteiger partial charge is 0.335 e. The van der Waals surface area contributed by atoms with Crippen molar-refractivity contribution in [2.45, 2.75) is 6.54 Å². The number of hydrogen-bond acceptors (Lipinski definition) is 3. The molecule has 0 saturated carbocycles. The fourth-order valence-electron chi connectivity index (χ4n) is 1.66. The van der Waals surface area contributed by atoms with Gasteiger partial charge in [-0.05, 0) is 29.8 Å². The van der Waals surface area contributed by atoms with E-state index in [0.717, 1.165) is 12.0 Å². The summed E-state index contributed by atoms with van der Waals surface area (Å²) in [4.78, 5) is 27.3. The molecule has 2 aromatic rings. The van der Waals surface area contributed by atoms with Gasteiger partial charge in [-0.25, -0.2) is 4.79 Å². The zero-order valence-electron chi connectivity index (χ0n) is 10.1. The molecule has 0 aliphatic carbocycles. The second-order valence-electron chi connectivity index (χ2n) is 3.95. The molecule has 0 unspecified atom stereocenters. The zero-order chi connectivity index (χ0) is 13.7. The molecule has 5 nitrogen and oxygen atoms in total. The summed E-state index contributed by atoms with van der Waals surface area (Å²) in [6.45, 7) is 0.370. The number of rotatable bonds is 5. The Morgan fingerprint density at radius 1 is 1.26 bits per heavy atom. The summed E-state index contributed by atoms with van der Waals surface area (Å²) >= 11 is 0. The quantitative estimate of drug-likeness (QED) is 0.830. The normalized spacial score (nSPS) is 9.89. The summed E-state index contributed by atoms with van der Waals surface area (Å²) < 4.78 is 0. The van der Waals surface area contributed by atoms with Gasteiger partial charge < -0.3 is 10.0 Å². The molecular weight excluding hydrogens is 244 g/mol. The highest BCUT2D eigenvalue weighted by Crippen LogP contribution is 2.14.